The zero-order chi connectivity index (χ0) is 15.6. The van der Waals surface area contributed by atoms with Crippen molar-refractivity contribution < 1.29 is 4.79 Å². The highest BCUT2D eigenvalue weighted by molar-refractivity contribution is 5.86. The zero-order valence-corrected chi connectivity index (χ0v) is 13.9. The largest absolute Gasteiger partial charge is 0.272 e. The minimum absolute atomic E-state index is 0.0465. The van der Waals surface area contributed by atoms with Gasteiger partial charge in [0.1, 0.15) is 6.04 Å². The Bertz CT molecular complexity index is 615. The van der Waals surface area contributed by atoms with Gasteiger partial charge in [0.15, 0.2) is 0 Å². The summed E-state index contributed by atoms with van der Waals surface area (Å²) in [6.45, 7) is 2.93. The van der Waals surface area contributed by atoms with Crippen LogP contribution >= 0.6 is 0 Å². The van der Waals surface area contributed by atoms with Crippen LogP contribution in [-0.2, 0) is 11.3 Å². The lowest BCUT2D eigenvalue weighted by molar-refractivity contribution is -0.211. The van der Waals surface area contributed by atoms with E-state index >= 15 is 0 Å². The molecule has 0 spiro atoms. The average molecular weight is 310 g/mol. The highest BCUT2D eigenvalue weighted by Gasteiger charge is 2.56. The summed E-state index contributed by atoms with van der Waals surface area (Å²) in [5.74, 6) is 4.08. The Morgan fingerprint density at radius 3 is 2.61 bits per heavy atom. The van der Waals surface area contributed by atoms with E-state index in [2.05, 4.69) is 47.3 Å². The molecule has 4 fully saturated rings. The van der Waals surface area contributed by atoms with Gasteiger partial charge < -0.3 is 0 Å². The van der Waals surface area contributed by atoms with Crippen LogP contribution < -0.4 is 0 Å². The molecule has 23 heavy (non-hydrogen) atoms. The Morgan fingerprint density at radius 2 is 1.78 bits per heavy atom. The highest BCUT2D eigenvalue weighted by Crippen LogP contribution is 2.59. The fraction of sp³-hybridized carbons (Fsp3) is 0.650. The summed E-state index contributed by atoms with van der Waals surface area (Å²) in [7, 11) is 0. The van der Waals surface area contributed by atoms with Crippen LogP contribution in [0.2, 0.25) is 0 Å². The highest BCUT2D eigenvalue weighted by atomic mass is 16.2. The van der Waals surface area contributed by atoms with Crippen LogP contribution in [0.25, 0.3) is 0 Å². The van der Waals surface area contributed by atoms with E-state index in [0.717, 1.165) is 30.2 Å². The van der Waals surface area contributed by atoms with Crippen molar-refractivity contribution in [2.45, 2.75) is 57.7 Å². The van der Waals surface area contributed by atoms with Crippen molar-refractivity contribution in [1.29, 1.82) is 0 Å². The average Bonchev–Trinajstić information content (AvgIpc) is 2.81. The Labute approximate surface area is 138 Å². The van der Waals surface area contributed by atoms with E-state index in [9.17, 15) is 4.79 Å². The summed E-state index contributed by atoms with van der Waals surface area (Å²) in [4.78, 5) is 12.6. The van der Waals surface area contributed by atoms with E-state index in [4.69, 9.17) is 0 Å². The number of fused-ring (bicyclic) bond motifs is 1. The van der Waals surface area contributed by atoms with Crippen LogP contribution in [0.1, 0.15) is 44.6 Å². The van der Waals surface area contributed by atoms with E-state index in [1.165, 1.54) is 37.7 Å². The first-order chi connectivity index (χ1) is 11.2. The molecule has 1 heterocycles. The van der Waals surface area contributed by atoms with Gasteiger partial charge in [0.2, 0.25) is 0 Å². The Morgan fingerprint density at radius 1 is 1.00 bits per heavy atom. The van der Waals surface area contributed by atoms with Crippen LogP contribution in [0.15, 0.2) is 30.3 Å². The molecule has 122 valence electrons. The molecule has 0 radical (unpaired) electrons. The lowest BCUT2D eigenvalue weighted by atomic mass is 9.64. The number of nitrogens with zero attached hydrogens (tertiary/aromatic N) is 2. The fourth-order valence-electron chi connectivity index (χ4n) is 5.92. The number of amides is 1. The number of carbonyl (C=O) groups is 1. The molecule has 3 heteroatoms. The second-order valence-electron chi connectivity index (χ2n) is 8.24. The standard InChI is InChI=1S/C20H26N2O/c1-13-20(23)22(21(13)12-14-5-3-2-4-6-14)19-8-7-15-9-16-10-17(19)11-18(15)16/h2-6,13,15-19H,7-12H2,1H3. The predicted molar refractivity (Wildman–Crippen MR) is 89.1 cm³/mol. The van der Waals surface area contributed by atoms with Crippen LogP contribution in [-0.4, -0.2) is 28.0 Å². The molecule has 3 aliphatic carbocycles. The van der Waals surface area contributed by atoms with Crippen molar-refractivity contribution in [2.75, 3.05) is 0 Å². The lowest BCUT2D eigenvalue weighted by Gasteiger charge is -2.54. The number of hydrogen-bond acceptors (Lipinski definition) is 2. The van der Waals surface area contributed by atoms with Crippen LogP contribution in [0.4, 0.5) is 0 Å². The van der Waals surface area contributed by atoms with Crippen molar-refractivity contribution >= 4 is 5.91 Å². The van der Waals surface area contributed by atoms with Crippen molar-refractivity contribution in [3.8, 4) is 0 Å². The number of hydrazine groups is 1. The molecule has 4 aliphatic rings. The molecule has 1 aliphatic heterocycles. The molecule has 1 amide bonds. The Kier molecular flexibility index (Phi) is 3.09. The maximum Gasteiger partial charge on any atom is 0.256 e. The minimum Gasteiger partial charge on any atom is -0.272 e. The molecular weight excluding hydrogens is 284 g/mol. The first kappa shape index (κ1) is 14.0. The Balaban J connectivity index is 1.37. The first-order valence-corrected chi connectivity index (χ1v) is 9.36. The molecular formula is C20H26N2O. The molecule has 2 bridgehead atoms. The van der Waals surface area contributed by atoms with Gasteiger partial charge in [0, 0.05) is 6.54 Å². The first-order valence-electron chi connectivity index (χ1n) is 9.36. The van der Waals surface area contributed by atoms with Gasteiger partial charge >= 0.3 is 0 Å². The van der Waals surface area contributed by atoms with Crippen molar-refractivity contribution in [3.63, 3.8) is 0 Å². The Hall–Kier alpha value is -1.35. The molecule has 1 aromatic carbocycles. The van der Waals surface area contributed by atoms with Gasteiger partial charge in [0.05, 0.1) is 6.04 Å². The topological polar surface area (TPSA) is 23.6 Å². The second-order valence-corrected chi connectivity index (χ2v) is 8.24. The molecule has 0 N–H and O–H groups in total. The molecule has 5 rings (SSSR count). The summed E-state index contributed by atoms with van der Waals surface area (Å²) >= 11 is 0. The molecule has 6 unspecified atom stereocenters. The normalized spacial score (nSPS) is 42.1. The monoisotopic (exact) mass is 310 g/mol. The SMILES string of the molecule is CC1C(=O)N(C2CCC3CC4CC2CC34)N1Cc1ccccc1. The van der Waals surface area contributed by atoms with Crippen molar-refractivity contribution in [3.05, 3.63) is 35.9 Å². The zero-order valence-electron chi connectivity index (χ0n) is 13.9. The van der Waals surface area contributed by atoms with Crippen molar-refractivity contribution in [2.24, 2.45) is 23.7 Å². The molecule has 0 aromatic heterocycles. The van der Waals surface area contributed by atoms with Crippen molar-refractivity contribution in [1.82, 2.24) is 10.0 Å². The van der Waals surface area contributed by atoms with Crippen LogP contribution in [0.3, 0.4) is 0 Å². The van der Waals surface area contributed by atoms with Gasteiger partial charge in [0.25, 0.3) is 5.91 Å². The van der Waals surface area contributed by atoms with E-state index in [1.54, 1.807) is 0 Å². The second kappa shape index (κ2) is 5.07. The van der Waals surface area contributed by atoms with Gasteiger partial charge in [-0.1, -0.05) is 30.3 Å². The van der Waals surface area contributed by atoms with E-state index in [1.807, 2.05) is 0 Å². The van der Waals surface area contributed by atoms with Crippen LogP contribution in [0.5, 0.6) is 0 Å². The summed E-state index contributed by atoms with van der Waals surface area (Å²) in [6.07, 6.45) is 6.81. The fourth-order valence-corrected chi connectivity index (χ4v) is 5.92. The van der Waals surface area contributed by atoms with Gasteiger partial charge in [-0.2, -0.15) is 0 Å². The quantitative estimate of drug-likeness (QED) is 0.853. The lowest BCUT2D eigenvalue weighted by Crippen LogP contribution is -2.70. The molecule has 1 saturated heterocycles. The van der Waals surface area contributed by atoms with Gasteiger partial charge in [-0.05, 0) is 68.3 Å². The maximum atomic E-state index is 12.6. The van der Waals surface area contributed by atoms with E-state index in [0.29, 0.717) is 11.9 Å². The number of benzene rings is 1. The minimum atomic E-state index is 0.0465. The summed E-state index contributed by atoms with van der Waals surface area (Å²) in [5.41, 5.74) is 1.30. The molecule has 6 atom stereocenters. The summed E-state index contributed by atoms with van der Waals surface area (Å²) in [5, 5.41) is 4.49. The summed E-state index contributed by atoms with van der Waals surface area (Å²) < 4.78 is 0. The molecule has 3 saturated carbocycles. The maximum absolute atomic E-state index is 12.6. The third-order valence-corrected chi connectivity index (χ3v) is 7.18. The van der Waals surface area contributed by atoms with E-state index in [-0.39, 0.29) is 6.04 Å². The number of carbonyl (C=O) groups excluding carboxylic acids is 1. The van der Waals surface area contributed by atoms with E-state index < -0.39 is 0 Å². The molecule has 3 nitrogen and oxygen atoms in total. The number of rotatable bonds is 3. The third kappa shape index (κ3) is 2.02. The predicted octanol–water partition coefficient (Wildman–Crippen LogP) is 3.46. The third-order valence-electron chi connectivity index (χ3n) is 7.18. The molecule has 1 aromatic rings. The van der Waals surface area contributed by atoms with Crippen LogP contribution in [0, 0.1) is 23.7 Å². The van der Waals surface area contributed by atoms with Gasteiger partial charge in [-0.3, -0.25) is 9.80 Å². The van der Waals surface area contributed by atoms with Gasteiger partial charge in [-0.15, -0.1) is 0 Å². The summed E-state index contributed by atoms with van der Waals surface area (Å²) in [6, 6.07) is 11.1. The smallest absolute Gasteiger partial charge is 0.256 e. The van der Waals surface area contributed by atoms with Gasteiger partial charge in [-0.25, -0.2) is 5.01 Å². The number of hydrogen-bond donors (Lipinski definition) is 0.